The highest BCUT2D eigenvalue weighted by Gasteiger charge is 2.19. The predicted molar refractivity (Wildman–Crippen MR) is 91.5 cm³/mol. The molecule has 0 aliphatic rings. The number of thioether (sulfide) groups is 1. The van der Waals surface area contributed by atoms with E-state index in [1.165, 1.54) is 11.8 Å². The topological polar surface area (TPSA) is 86.5 Å². The second-order valence-corrected chi connectivity index (χ2v) is 6.28. The number of carbonyl (C=O) groups is 1. The number of nitrogens with one attached hydrogen (secondary N) is 1. The zero-order valence-electron chi connectivity index (χ0n) is 14.2. The molecule has 0 saturated carbocycles. The molecular weight excluding hydrogens is 330 g/mol. The highest BCUT2D eigenvalue weighted by Crippen LogP contribution is 2.34. The second-order valence-electron chi connectivity index (χ2n) is 4.99. The maximum Gasteiger partial charge on any atom is 0.277 e. The summed E-state index contributed by atoms with van der Waals surface area (Å²) in [5, 5.41) is 10.9. The average Bonchev–Trinajstić information content (AvgIpc) is 3.07. The normalized spacial score (nSPS) is 11.8. The number of nitrogens with zero attached hydrogens (tertiary/aromatic N) is 2. The highest BCUT2D eigenvalue weighted by molar-refractivity contribution is 8.00. The Morgan fingerprint density at radius 1 is 1.33 bits per heavy atom. The molecule has 8 heteroatoms. The van der Waals surface area contributed by atoms with Gasteiger partial charge in [-0.05, 0) is 25.5 Å². The van der Waals surface area contributed by atoms with Gasteiger partial charge >= 0.3 is 0 Å². The third-order valence-corrected chi connectivity index (χ3v) is 4.18. The largest absolute Gasteiger partial charge is 0.497 e. The van der Waals surface area contributed by atoms with Crippen LogP contribution < -0.4 is 14.8 Å². The van der Waals surface area contributed by atoms with Crippen LogP contribution in [0.5, 0.6) is 11.5 Å². The molecule has 7 nitrogen and oxygen atoms in total. The zero-order chi connectivity index (χ0) is 17.5. The lowest BCUT2D eigenvalue weighted by atomic mass is 10.2. The van der Waals surface area contributed by atoms with Gasteiger partial charge in [0.15, 0.2) is 0 Å². The van der Waals surface area contributed by atoms with E-state index in [0.717, 1.165) is 6.42 Å². The lowest BCUT2D eigenvalue weighted by molar-refractivity contribution is -0.120. The number of amides is 1. The monoisotopic (exact) mass is 351 g/mol. The molecule has 24 heavy (non-hydrogen) atoms. The van der Waals surface area contributed by atoms with Gasteiger partial charge in [-0.15, -0.1) is 10.2 Å². The van der Waals surface area contributed by atoms with Crippen molar-refractivity contribution in [3.63, 3.8) is 0 Å². The number of benzene rings is 1. The molecule has 0 aliphatic heterocycles. The number of hydrogen-bond donors (Lipinski definition) is 1. The molecular formula is C16H21N3O4S. The van der Waals surface area contributed by atoms with Crippen LogP contribution >= 0.6 is 11.8 Å². The van der Waals surface area contributed by atoms with Gasteiger partial charge in [-0.1, -0.05) is 18.7 Å². The number of methoxy groups -OCH3 is 2. The minimum Gasteiger partial charge on any atom is -0.497 e. The smallest absolute Gasteiger partial charge is 0.277 e. The van der Waals surface area contributed by atoms with Crippen molar-refractivity contribution in [3.8, 4) is 23.0 Å². The minimum absolute atomic E-state index is 0.0522. The fourth-order valence-corrected chi connectivity index (χ4v) is 2.65. The second kappa shape index (κ2) is 8.58. The van der Waals surface area contributed by atoms with Gasteiger partial charge < -0.3 is 19.2 Å². The molecule has 1 atom stereocenters. The fourth-order valence-electron chi connectivity index (χ4n) is 1.94. The van der Waals surface area contributed by atoms with Crippen LogP contribution in [-0.4, -0.2) is 42.1 Å². The zero-order valence-corrected chi connectivity index (χ0v) is 15.0. The van der Waals surface area contributed by atoms with Gasteiger partial charge in [0, 0.05) is 12.6 Å². The quantitative estimate of drug-likeness (QED) is 0.732. The SMILES string of the molecule is CCCNC(=O)[C@@H](C)Sc1nnc(-c2ccc(OC)cc2OC)o1. The first-order valence-corrected chi connectivity index (χ1v) is 8.47. The van der Waals surface area contributed by atoms with Crippen molar-refractivity contribution in [2.24, 2.45) is 0 Å². The number of rotatable bonds is 8. The maximum absolute atomic E-state index is 11.9. The van der Waals surface area contributed by atoms with Gasteiger partial charge in [0.05, 0.1) is 25.0 Å². The molecule has 0 unspecified atom stereocenters. The molecule has 0 bridgehead atoms. The summed E-state index contributed by atoms with van der Waals surface area (Å²) < 4.78 is 16.2. The Kier molecular flexibility index (Phi) is 6.48. The summed E-state index contributed by atoms with van der Waals surface area (Å²) in [6, 6.07) is 5.32. The van der Waals surface area contributed by atoms with Crippen LogP contribution in [-0.2, 0) is 4.79 Å². The summed E-state index contributed by atoms with van der Waals surface area (Å²) in [6.07, 6.45) is 0.894. The molecule has 1 aromatic carbocycles. The van der Waals surface area contributed by atoms with Crippen LogP contribution in [0.2, 0.25) is 0 Å². The highest BCUT2D eigenvalue weighted by atomic mass is 32.2. The first-order chi connectivity index (χ1) is 11.6. The van der Waals surface area contributed by atoms with Crippen LogP contribution in [0.25, 0.3) is 11.5 Å². The van der Waals surface area contributed by atoms with Gasteiger partial charge in [-0.25, -0.2) is 0 Å². The van der Waals surface area contributed by atoms with Crippen LogP contribution in [0.4, 0.5) is 0 Å². The van der Waals surface area contributed by atoms with Crippen molar-refractivity contribution in [3.05, 3.63) is 18.2 Å². The van der Waals surface area contributed by atoms with Gasteiger partial charge in [-0.3, -0.25) is 4.79 Å². The molecule has 0 fully saturated rings. The Morgan fingerprint density at radius 2 is 2.12 bits per heavy atom. The number of ether oxygens (including phenoxy) is 2. The van der Waals surface area contributed by atoms with E-state index in [-0.39, 0.29) is 11.2 Å². The minimum atomic E-state index is -0.317. The number of carbonyl (C=O) groups excluding carboxylic acids is 1. The van der Waals surface area contributed by atoms with Crippen molar-refractivity contribution >= 4 is 17.7 Å². The number of aromatic nitrogens is 2. The Labute approximate surface area is 145 Å². The molecule has 0 spiro atoms. The van der Waals surface area contributed by atoms with Crippen LogP contribution in [0.3, 0.4) is 0 Å². The van der Waals surface area contributed by atoms with Crippen LogP contribution in [0.15, 0.2) is 27.8 Å². The Balaban J connectivity index is 2.12. The van der Waals surface area contributed by atoms with Crippen molar-refractivity contribution < 1.29 is 18.7 Å². The molecule has 1 heterocycles. The van der Waals surface area contributed by atoms with Crippen molar-refractivity contribution in [2.75, 3.05) is 20.8 Å². The molecule has 0 saturated heterocycles. The standard InChI is InChI=1S/C16H21N3O4S/c1-5-8-17-14(20)10(2)24-16-19-18-15(23-16)12-7-6-11(21-3)9-13(12)22-4/h6-7,9-10H,5,8H2,1-4H3,(H,17,20)/t10-/m1/s1. The van der Waals surface area contributed by atoms with Crippen LogP contribution in [0.1, 0.15) is 20.3 Å². The molecule has 0 aliphatic carbocycles. The summed E-state index contributed by atoms with van der Waals surface area (Å²) in [5.41, 5.74) is 0.667. The Hall–Kier alpha value is -2.22. The molecule has 2 rings (SSSR count). The van der Waals surface area contributed by atoms with Gasteiger partial charge in [0.1, 0.15) is 11.5 Å². The van der Waals surface area contributed by atoms with Crippen LogP contribution in [0, 0.1) is 0 Å². The third-order valence-electron chi connectivity index (χ3n) is 3.24. The number of hydrogen-bond acceptors (Lipinski definition) is 7. The van der Waals surface area contributed by atoms with E-state index >= 15 is 0 Å². The summed E-state index contributed by atoms with van der Waals surface area (Å²) in [5.74, 6) is 1.52. The van der Waals surface area contributed by atoms with Crippen molar-refractivity contribution in [1.29, 1.82) is 0 Å². The lowest BCUT2D eigenvalue weighted by Crippen LogP contribution is -2.31. The van der Waals surface area contributed by atoms with E-state index in [1.54, 1.807) is 39.3 Å². The van der Waals surface area contributed by atoms with Gasteiger partial charge in [0.2, 0.25) is 5.91 Å². The van der Waals surface area contributed by atoms with Crippen molar-refractivity contribution in [2.45, 2.75) is 30.7 Å². The fraction of sp³-hybridized carbons (Fsp3) is 0.438. The third kappa shape index (κ3) is 4.41. The van der Waals surface area contributed by atoms with E-state index in [0.29, 0.717) is 34.7 Å². The van der Waals surface area contributed by atoms with E-state index in [9.17, 15) is 4.79 Å². The van der Waals surface area contributed by atoms with Gasteiger partial charge in [0.25, 0.3) is 11.1 Å². The Bertz CT molecular complexity index is 690. The first kappa shape index (κ1) is 18.1. The van der Waals surface area contributed by atoms with E-state index in [1.807, 2.05) is 6.92 Å². The maximum atomic E-state index is 11.9. The first-order valence-electron chi connectivity index (χ1n) is 7.59. The molecule has 2 aromatic rings. The summed E-state index contributed by atoms with van der Waals surface area (Å²) in [4.78, 5) is 11.9. The van der Waals surface area contributed by atoms with E-state index in [2.05, 4.69) is 15.5 Å². The molecule has 0 radical (unpaired) electrons. The summed E-state index contributed by atoms with van der Waals surface area (Å²) >= 11 is 1.22. The molecule has 1 amide bonds. The van der Waals surface area contributed by atoms with E-state index in [4.69, 9.17) is 13.9 Å². The average molecular weight is 351 g/mol. The molecule has 1 aromatic heterocycles. The summed E-state index contributed by atoms with van der Waals surface area (Å²) in [7, 11) is 3.14. The molecule has 1 N–H and O–H groups in total. The predicted octanol–water partition coefficient (Wildman–Crippen LogP) is 2.76. The van der Waals surface area contributed by atoms with Gasteiger partial charge in [-0.2, -0.15) is 0 Å². The Morgan fingerprint density at radius 3 is 2.79 bits per heavy atom. The van der Waals surface area contributed by atoms with Crippen molar-refractivity contribution in [1.82, 2.24) is 15.5 Å². The summed E-state index contributed by atoms with van der Waals surface area (Å²) in [6.45, 7) is 4.46. The lowest BCUT2D eigenvalue weighted by Gasteiger charge is -2.08. The molecule has 130 valence electrons. The van der Waals surface area contributed by atoms with E-state index < -0.39 is 0 Å².